The van der Waals surface area contributed by atoms with Crippen LogP contribution in [0.3, 0.4) is 0 Å². The second kappa shape index (κ2) is 10.1. The smallest absolute Gasteiger partial charge is 0.346 e. The van der Waals surface area contributed by atoms with Crippen LogP contribution in [0.4, 0.5) is 17.6 Å². The molecule has 0 spiro atoms. The normalized spacial score (nSPS) is 23.1. The van der Waals surface area contributed by atoms with Gasteiger partial charge in [0.05, 0.1) is 41.2 Å². The van der Waals surface area contributed by atoms with Crippen LogP contribution in [0.25, 0.3) is 11.0 Å². The van der Waals surface area contributed by atoms with Crippen LogP contribution in [0.15, 0.2) is 36.0 Å². The van der Waals surface area contributed by atoms with Crippen molar-refractivity contribution < 1.29 is 22.4 Å². The molecule has 6 rings (SSSR count). The topological polar surface area (TPSA) is 117 Å². The molecule has 2 fully saturated rings. The van der Waals surface area contributed by atoms with Gasteiger partial charge in [-0.2, -0.15) is 23.5 Å². The minimum Gasteiger partial charge on any atom is -0.346 e. The van der Waals surface area contributed by atoms with Gasteiger partial charge in [0.2, 0.25) is 0 Å². The lowest BCUT2D eigenvalue weighted by atomic mass is 9.81. The molecule has 3 aliphatic heterocycles. The number of halogens is 4. The molecule has 0 saturated carbocycles. The van der Waals surface area contributed by atoms with Gasteiger partial charge < -0.3 is 9.88 Å². The molecule has 0 aromatic carbocycles. The molecule has 14 heteroatoms. The second-order valence-electron chi connectivity index (χ2n) is 10.9. The van der Waals surface area contributed by atoms with Crippen molar-refractivity contribution in [2.75, 3.05) is 26.2 Å². The van der Waals surface area contributed by atoms with E-state index in [1.54, 1.807) is 0 Å². The summed E-state index contributed by atoms with van der Waals surface area (Å²) in [6, 6.07) is 5.34. The van der Waals surface area contributed by atoms with Crippen molar-refractivity contribution in [3.63, 3.8) is 0 Å². The fourth-order valence-corrected chi connectivity index (χ4v) is 6.40. The number of nitrogens with one attached hydrogen (secondary N) is 1. The number of H-pyrrole nitrogens is 1. The number of pyridine rings is 1. The maximum Gasteiger partial charge on any atom is 0.436 e. The summed E-state index contributed by atoms with van der Waals surface area (Å²) in [5.74, 6) is -2.49. The molecule has 1 N–H and O–H groups in total. The molecule has 0 aliphatic carbocycles. The minimum atomic E-state index is -4.99. The highest BCUT2D eigenvalue weighted by molar-refractivity contribution is 5.94. The predicted octanol–water partition coefficient (Wildman–Crippen LogP) is 3.56. The van der Waals surface area contributed by atoms with Crippen LogP contribution >= 0.6 is 0 Å². The van der Waals surface area contributed by atoms with E-state index in [1.807, 2.05) is 23.5 Å². The number of nitrogens with zero attached hydrogens (tertiary/aromatic N) is 8. The van der Waals surface area contributed by atoms with Crippen molar-refractivity contribution in [3.05, 3.63) is 53.6 Å². The van der Waals surface area contributed by atoms with Gasteiger partial charge in [-0.25, -0.2) is 19.3 Å². The number of hydrazone groups is 1. The Morgan fingerprint density at radius 1 is 1.20 bits per heavy atom. The number of alkyl halides is 3. The van der Waals surface area contributed by atoms with E-state index < -0.39 is 34.7 Å². The van der Waals surface area contributed by atoms with Gasteiger partial charge in [-0.1, -0.05) is 0 Å². The molecule has 2 atom stereocenters. The number of amides is 1. The number of hydrogen-bond donors (Lipinski definition) is 1. The van der Waals surface area contributed by atoms with E-state index >= 15 is 0 Å². The van der Waals surface area contributed by atoms with Crippen molar-refractivity contribution >= 4 is 23.2 Å². The van der Waals surface area contributed by atoms with E-state index in [-0.39, 0.29) is 31.1 Å². The Hall–Kier alpha value is -4.12. The molecule has 1 amide bonds. The van der Waals surface area contributed by atoms with Gasteiger partial charge in [-0.15, -0.1) is 0 Å². The van der Waals surface area contributed by atoms with Gasteiger partial charge in [0.25, 0.3) is 5.91 Å². The number of aromatic nitrogens is 4. The van der Waals surface area contributed by atoms with E-state index in [2.05, 4.69) is 37.8 Å². The van der Waals surface area contributed by atoms with Crippen molar-refractivity contribution in [1.29, 1.82) is 5.26 Å². The summed E-state index contributed by atoms with van der Waals surface area (Å²) < 4.78 is 53.7. The molecule has 2 unspecified atom stereocenters. The third kappa shape index (κ3) is 4.57. The molecule has 0 bridgehead atoms. The van der Waals surface area contributed by atoms with Gasteiger partial charge in [0.1, 0.15) is 12.0 Å². The van der Waals surface area contributed by atoms with Crippen LogP contribution in [0.1, 0.15) is 53.8 Å². The average Bonchev–Trinajstić information content (AvgIpc) is 3.57. The summed E-state index contributed by atoms with van der Waals surface area (Å²) in [5, 5.41) is 17.4. The zero-order valence-corrected chi connectivity index (χ0v) is 22.1. The van der Waals surface area contributed by atoms with E-state index in [4.69, 9.17) is 5.10 Å². The molecule has 0 radical (unpaired) electrons. The summed E-state index contributed by atoms with van der Waals surface area (Å²) in [5.41, 5.74) is -1.15. The van der Waals surface area contributed by atoms with Crippen LogP contribution in [-0.4, -0.2) is 90.7 Å². The van der Waals surface area contributed by atoms with Crippen molar-refractivity contribution in [3.8, 4) is 6.07 Å². The fraction of sp³-hybridized carbons (Fsp3) is 0.481. The van der Waals surface area contributed by atoms with Crippen LogP contribution in [0, 0.1) is 17.1 Å². The van der Waals surface area contributed by atoms with Crippen LogP contribution < -0.4 is 0 Å². The number of rotatable bonds is 5. The van der Waals surface area contributed by atoms with Gasteiger partial charge in [-0.3, -0.25) is 14.7 Å². The summed E-state index contributed by atoms with van der Waals surface area (Å²) in [4.78, 5) is 31.5. The van der Waals surface area contributed by atoms with Crippen LogP contribution in [0.2, 0.25) is 0 Å². The molecule has 2 saturated heterocycles. The first kappa shape index (κ1) is 27.1. The van der Waals surface area contributed by atoms with E-state index in [0.29, 0.717) is 32.4 Å². The first-order valence-electron chi connectivity index (χ1n) is 13.4. The SMILES string of the molecule is CC1C(c2ncnc3[nH]ccc23)C=NN1C1(CC#N)CN(C2CCN(C(=O)c3ccnc(C(F)(F)F)c3F)CC2)C1. The van der Waals surface area contributed by atoms with Gasteiger partial charge in [0, 0.05) is 56.2 Å². The molecule has 3 aliphatic rings. The van der Waals surface area contributed by atoms with Crippen LogP contribution in [-0.2, 0) is 6.18 Å². The quantitative estimate of drug-likeness (QED) is 0.467. The Balaban J connectivity index is 1.10. The summed E-state index contributed by atoms with van der Waals surface area (Å²) in [6.07, 6.45) is 2.52. The Morgan fingerprint density at radius 2 is 1.95 bits per heavy atom. The van der Waals surface area contributed by atoms with Gasteiger partial charge in [0.15, 0.2) is 11.5 Å². The zero-order valence-electron chi connectivity index (χ0n) is 22.1. The number of piperidine rings is 1. The molecular formula is C27H27F4N9O. The summed E-state index contributed by atoms with van der Waals surface area (Å²) >= 11 is 0. The van der Waals surface area contributed by atoms with Crippen molar-refractivity contribution in [2.45, 2.75) is 55.9 Å². The van der Waals surface area contributed by atoms with Gasteiger partial charge >= 0.3 is 6.18 Å². The van der Waals surface area contributed by atoms with Gasteiger partial charge in [-0.05, 0) is 31.9 Å². The average molecular weight is 570 g/mol. The first-order chi connectivity index (χ1) is 19.6. The molecular weight excluding hydrogens is 542 g/mol. The monoisotopic (exact) mass is 569 g/mol. The maximum atomic E-state index is 14.5. The fourth-order valence-electron chi connectivity index (χ4n) is 6.40. The zero-order chi connectivity index (χ0) is 28.9. The second-order valence-corrected chi connectivity index (χ2v) is 10.9. The Morgan fingerprint density at radius 3 is 2.66 bits per heavy atom. The number of carbonyl (C=O) groups is 1. The number of likely N-dealkylation sites (tertiary alicyclic amines) is 2. The maximum absolute atomic E-state index is 14.5. The lowest BCUT2D eigenvalue weighted by molar-refractivity contribution is -0.143. The molecule has 214 valence electrons. The molecule has 3 aromatic rings. The lowest BCUT2D eigenvalue weighted by Crippen LogP contribution is -2.72. The first-order valence-corrected chi connectivity index (χ1v) is 13.4. The highest BCUT2D eigenvalue weighted by Crippen LogP contribution is 2.42. The third-order valence-corrected chi connectivity index (χ3v) is 8.50. The summed E-state index contributed by atoms with van der Waals surface area (Å²) in [6.45, 7) is 3.88. The standard InChI is InChI=1S/C27H27F4N9O/c1-16-20(22-19-3-9-34-24(19)36-15-35-22)12-37-40(16)26(6-7-32)13-39(14-26)17-4-10-38(11-5-17)25(41)18-2-8-33-23(21(18)28)27(29,30)31/h2-3,8-9,12,15-17,20H,4-6,10-11,13-14H2,1H3,(H,34,35,36). The third-order valence-electron chi connectivity index (χ3n) is 8.50. The number of fused-ring (bicyclic) bond motifs is 1. The molecule has 10 nitrogen and oxygen atoms in total. The lowest BCUT2D eigenvalue weighted by Gasteiger charge is -2.57. The van der Waals surface area contributed by atoms with Crippen molar-refractivity contribution in [2.24, 2.45) is 5.10 Å². The number of carbonyl (C=O) groups excluding carboxylic acids is 1. The highest BCUT2D eigenvalue weighted by Gasteiger charge is 2.53. The molecule has 6 heterocycles. The number of aromatic amines is 1. The van der Waals surface area contributed by atoms with Crippen molar-refractivity contribution in [1.82, 2.24) is 34.7 Å². The Labute approximate surface area is 232 Å². The largest absolute Gasteiger partial charge is 0.436 e. The summed E-state index contributed by atoms with van der Waals surface area (Å²) in [7, 11) is 0. The van der Waals surface area contributed by atoms with E-state index in [9.17, 15) is 27.6 Å². The highest BCUT2D eigenvalue weighted by atomic mass is 19.4. The molecule has 41 heavy (non-hydrogen) atoms. The number of nitriles is 1. The Bertz CT molecular complexity index is 1530. The predicted molar refractivity (Wildman–Crippen MR) is 139 cm³/mol. The van der Waals surface area contributed by atoms with E-state index in [1.165, 1.54) is 11.2 Å². The minimum absolute atomic E-state index is 0.0326. The Kier molecular flexibility index (Phi) is 6.64. The number of hydrogen-bond acceptors (Lipinski definition) is 8. The van der Waals surface area contributed by atoms with Crippen LogP contribution in [0.5, 0.6) is 0 Å². The molecule has 3 aromatic heterocycles. The van der Waals surface area contributed by atoms with E-state index in [0.717, 1.165) is 29.0 Å².